The van der Waals surface area contributed by atoms with Crippen LogP contribution in [0.3, 0.4) is 0 Å². The summed E-state index contributed by atoms with van der Waals surface area (Å²) in [6, 6.07) is 14.5. The van der Waals surface area contributed by atoms with Gasteiger partial charge in [0, 0.05) is 0 Å². The standard InChI is InChI=1S/C20H24O3/c1-4-15(2)13-14-22-18-11-7-17(8-12-18)20(21)23-19-9-5-16(3)6-10-19/h5-12,15H,4,13-14H2,1-3H3. The first kappa shape index (κ1) is 17.1. The van der Waals surface area contributed by atoms with E-state index in [9.17, 15) is 4.79 Å². The third-order valence-corrected chi connectivity index (χ3v) is 3.90. The van der Waals surface area contributed by atoms with Crippen molar-refractivity contribution in [1.29, 1.82) is 0 Å². The van der Waals surface area contributed by atoms with Crippen LogP contribution in [-0.4, -0.2) is 12.6 Å². The van der Waals surface area contributed by atoms with Gasteiger partial charge < -0.3 is 9.47 Å². The van der Waals surface area contributed by atoms with E-state index < -0.39 is 0 Å². The first-order valence-electron chi connectivity index (χ1n) is 8.10. The summed E-state index contributed by atoms with van der Waals surface area (Å²) in [6.07, 6.45) is 2.20. The summed E-state index contributed by atoms with van der Waals surface area (Å²) in [5.41, 5.74) is 1.64. The van der Waals surface area contributed by atoms with Crippen molar-refractivity contribution in [3.05, 3.63) is 59.7 Å². The summed E-state index contributed by atoms with van der Waals surface area (Å²) in [7, 11) is 0. The number of carbonyl (C=O) groups is 1. The van der Waals surface area contributed by atoms with E-state index >= 15 is 0 Å². The number of esters is 1. The molecule has 2 aromatic carbocycles. The maximum atomic E-state index is 12.1. The zero-order valence-corrected chi connectivity index (χ0v) is 14.0. The third kappa shape index (κ3) is 5.44. The first-order valence-corrected chi connectivity index (χ1v) is 8.10. The number of hydrogen-bond acceptors (Lipinski definition) is 3. The summed E-state index contributed by atoms with van der Waals surface area (Å²) >= 11 is 0. The van der Waals surface area contributed by atoms with E-state index in [1.54, 1.807) is 24.3 Å². The zero-order chi connectivity index (χ0) is 16.7. The van der Waals surface area contributed by atoms with E-state index in [0.717, 1.165) is 24.2 Å². The van der Waals surface area contributed by atoms with E-state index in [0.29, 0.717) is 23.8 Å². The molecule has 2 aromatic rings. The quantitative estimate of drug-likeness (QED) is 0.531. The molecule has 0 aliphatic carbocycles. The molecule has 3 heteroatoms. The average Bonchev–Trinajstić information content (AvgIpc) is 2.57. The molecule has 0 amide bonds. The highest BCUT2D eigenvalue weighted by Crippen LogP contribution is 2.17. The van der Waals surface area contributed by atoms with Crippen molar-refractivity contribution < 1.29 is 14.3 Å². The van der Waals surface area contributed by atoms with Crippen molar-refractivity contribution in [3.63, 3.8) is 0 Å². The highest BCUT2D eigenvalue weighted by molar-refractivity contribution is 5.91. The number of carbonyl (C=O) groups excluding carboxylic acids is 1. The summed E-state index contributed by atoms with van der Waals surface area (Å²) in [6.45, 7) is 7.08. The van der Waals surface area contributed by atoms with Gasteiger partial charge in [-0.1, -0.05) is 38.0 Å². The second kappa shape index (κ2) is 8.37. The number of ether oxygens (including phenoxy) is 2. The molecule has 0 heterocycles. The number of rotatable bonds is 7. The molecule has 0 N–H and O–H groups in total. The topological polar surface area (TPSA) is 35.5 Å². The van der Waals surface area contributed by atoms with Gasteiger partial charge in [-0.05, 0) is 55.7 Å². The van der Waals surface area contributed by atoms with Gasteiger partial charge in [-0.3, -0.25) is 0 Å². The molecule has 0 saturated heterocycles. The molecule has 0 aliphatic heterocycles. The Morgan fingerprint density at radius 1 is 1.00 bits per heavy atom. The lowest BCUT2D eigenvalue weighted by Gasteiger charge is -2.10. The molecule has 122 valence electrons. The maximum Gasteiger partial charge on any atom is 0.343 e. The van der Waals surface area contributed by atoms with Crippen molar-refractivity contribution in [2.24, 2.45) is 5.92 Å². The van der Waals surface area contributed by atoms with Crippen LogP contribution in [0.4, 0.5) is 0 Å². The van der Waals surface area contributed by atoms with Crippen LogP contribution >= 0.6 is 0 Å². The van der Waals surface area contributed by atoms with Crippen LogP contribution in [-0.2, 0) is 0 Å². The number of hydrogen-bond donors (Lipinski definition) is 0. The van der Waals surface area contributed by atoms with Crippen LogP contribution in [0.15, 0.2) is 48.5 Å². The molecular weight excluding hydrogens is 288 g/mol. The Morgan fingerprint density at radius 2 is 1.61 bits per heavy atom. The minimum atomic E-state index is -0.361. The smallest absolute Gasteiger partial charge is 0.343 e. The Labute approximate surface area is 138 Å². The van der Waals surface area contributed by atoms with Gasteiger partial charge in [0.2, 0.25) is 0 Å². The molecule has 0 bridgehead atoms. The average molecular weight is 312 g/mol. The summed E-state index contributed by atoms with van der Waals surface area (Å²) in [5, 5.41) is 0. The van der Waals surface area contributed by atoms with E-state index in [-0.39, 0.29) is 5.97 Å². The van der Waals surface area contributed by atoms with Crippen LogP contribution in [0.1, 0.15) is 42.6 Å². The van der Waals surface area contributed by atoms with Crippen molar-refractivity contribution in [1.82, 2.24) is 0 Å². The molecule has 0 radical (unpaired) electrons. The summed E-state index contributed by atoms with van der Waals surface area (Å²) < 4.78 is 11.0. The lowest BCUT2D eigenvalue weighted by molar-refractivity contribution is 0.0734. The van der Waals surface area contributed by atoms with Crippen LogP contribution in [0.25, 0.3) is 0 Å². The molecular formula is C20H24O3. The van der Waals surface area contributed by atoms with Gasteiger partial charge in [0.25, 0.3) is 0 Å². The van der Waals surface area contributed by atoms with Gasteiger partial charge in [0.05, 0.1) is 12.2 Å². The van der Waals surface area contributed by atoms with E-state index in [1.807, 2.05) is 31.2 Å². The minimum absolute atomic E-state index is 0.361. The van der Waals surface area contributed by atoms with Crippen LogP contribution in [0.5, 0.6) is 11.5 Å². The molecule has 1 atom stereocenters. The largest absolute Gasteiger partial charge is 0.494 e. The molecule has 1 unspecified atom stereocenters. The fourth-order valence-corrected chi connectivity index (χ4v) is 2.04. The van der Waals surface area contributed by atoms with Crippen molar-refractivity contribution in [3.8, 4) is 11.5 Å². The van der Waals surface area contributed by atoms with E-state index in [2.05, 4.69) is 13.8 Å². The van der Waals surface area contributed by atoms with Crippen molar-refractivity contribution in [2.45, 2.75) is 33.6 Å². The Balaban J connectivity index is 1.88. The van der Waals surface area contributed by atoms with Gasteiger partial charge >= 0.3 is 5.97 Å². The van der Waals surface area contributed by atoms with Gasteiger partial charge in [-0.15, -0.1) is 0 Å². The third-order valence-electron chi connectivity index (χ3n) is 3.90. The number of aryl methyl sites for hydroxylation is 1. The Kier molecular flexibility index (Phi) is 6.21. The lowest BCUT2D eigenvalue weighted by Crippen LogP contribution is -2.08. The Bertz CT molecular complexity index is 614. The Morgan fingerprint density at radius 3 is 2.22 bits per heavy atom. The van der Waals surface area contributed by atoms with E-state index in [1.165, 1.54) is 0 Å². The van der Waals surface area contributed by atoms with Gasteiger partial charge in [-0.2, -0.15) is 0 Å². The monoisotopic (exact) mass is 312 g/mol. The second-order valence-corrected chi connectivity index (χ2v) is 5.88. The summed E-state index contributed by atoms with van der Waals surface area (Å²) in [5.74, 6) is 1.63. The Hall–Kier alpha value is -2.29. The van der Waals surface area contributed by atoms with Crippen LogP contribution in [0.2, 0.25) is 0 Å². The molecule has 0 saturated carbocycles. The maximum absolute atomic E-state index is 12.1. The highest BCUT2D eigenvalue weighted by Gasteiger charge is 2.09. The van der Waals surface area contributed by atoms with Crippen LogP contribution in [0, 0.1) is 12.8 Å². The predicted molar refractivity (Wildman–Crippen MR) is 92.1 cm³/mol. The second-order valence-electron chi connectivity index (χ2n) is 5.88. The molecule has 3 nitrogen and oxygen atoms in total. The highest BCUT2D eigenvalue weighted by atomic mass is 16.5. The molecule has 23 heavy (non-hydrogen) atoms. The molecule has 0 fully saturated rings. The normalized spacial score (nSPS) is 11.8. The molecule has 2 rings (SSSR count). The fraction of sp³-hybridized carbons (Fsp3) is 0.350. The van der Waals surface area contributed by atoms with Gasteiger partial charge in [0.1, 0.15) is 11.5 Å². The molecule has 0 spiro atoms. The summed E-state index contributed by atoms with van der Waals surface area (Å²) in [4.78, 5) is 12.1. The molecule has 0 aliphatic rings. The van der Waals surface area contributed by atoms with Crippen molar-refractivity contribution >= 4 is 5.97 Å². The van der Waals surface area contributed by atoms with E-state index in [4.69, 9.17) is 9.47 Å². The minimum Gasteiger partial charge on any atom is -0.494 e. The number of benzene rings is 2. The predicted octanol–water partition coefficient (Wildman–Crippen LogP) is 5.03. The molecule has 0 aromatic heterocycles. The van der Waals surface area contributed by atoms with Crippen molar-refractivity contribution in [2.75, 3.05) is 6.61 Å². The zero-order valence-electron chi connectivity index (χ0n) is 14.0. The van der Waals surface area contributed by atoms with Gasteiger partial charge in [0.15, 0.2) is 0 Å². The SMILES string of the molecule is CCC(C)CCOc1ccc(C(=O)Oc2ccc(C)cc2)cc1. The fourth-order valence-electron chi connectivity index (χ4n) is 2.04. The lowest BCUT2D eigenvalue weighted by atomic mass is 10.1. The van der Waals surface area contributed by atoms with Gasteiger partial charge in [-0.25, -0.2) is 4.79 Å². The van der Waals surface area contributed by atoms with Crippen LogP contribution < -0.4 is 9.47 Å². The first-order chi connectivity index (χ1) is 11.1.